The van der Waals surface area contributed by atoms with Crippen LogP contribution in [0.25, 0.3) is 10.9 Å². The fourth-order valence-electron chi connectivity index (χ4n) is 2.98. The minimum atomic E-state index is 0.621. The van der Waals surface area contributed by atoms with Crippen LogP contribution in [0.3, 0.4) is 0 Å². The third-order valence-corrected chi connectivity index (χ3v) is 4.41. The average molecular weight is 290 g/mol. The van der Waals surface area contributed by atoms with Crippen molar-refractivity contribution in [3.8, 4) is 0 Å². The highest BCUT2D eigenvalue weighted by Crippen LogP contribution is 2.24. The molecule has 1 aliphatic heterocycles. The standard InChI is InChI=1S/C16H20ClN3/c17-16-14(8-13-5-1-2-6-15(13)19-16)11-20-7-3-4-12(9-18)10-20/h1-2,5-6,8,12H,3-4,7,9-11,18H2. The van der Waals surface area contributed by atoms with Gasteiger partial charge < -0.3 is 5.73 Å². The number of nitrogens with two attached hydrogens (primary N) is 1. The summed E-state index contributed by atoms with van der Waals surface area (Å²) < 4.78 is 0. The van der Waals surface area contributed by atoms with Gasteiger partial charge in [-0.3, -0.25) is 4.90 Å². The van der Waals surface area contributed by atoms with E-state index in [2.05, 4.69) is 22.0 Å². The third kappa shape index (κ3) is 2.95. The Morgan fingerprint density at radius 1 is 1.35 bits per heavy atom. The zero-order valence-electron chi connectivity index (χ0n) is 11.6. The fraction of sp³-hybridized carbons (Fsp3) is 0.438. The molecule has 0 aliphatic carbocycles. The molecule has 0 bridgehead atoms. The van der Waals surface area contributed by atoms with Crippen LogP contribution < -0.4 is 5.73 Å². The Morgan fingerprint density at radius 3 is 3.05 bits per heavy atom. The molecule has 1 aliphatic rings. The molecule has 4 heteroatoms. The molecule has 1 unspecified atom stereocenters. The van der Waals surface area contributed by atoms with Gasteiger partial charge in [0.1, 0.15) is 5.15 Å². The largest absolute Gasteiger partial charge is 0.330 e. The van der Waals surface area contributed by atoms with E-state index in [1.54, 1.807) is 0 Å². The van der Waals surface area contributed by atoms with Crippen molar-refractivity contribution < 1.29 is 0 Å². The Balaban J connectivity index is 1.81. The molecular formula is C16H20ClN3. The number of benzene rings is 1. The van der Waals surface area contributed by atoms with Crippen molar-refractivity contribution in [2.24, 2.45) is 11.7 Å². The highest BCUT2D eigenvalue weighted by molar-refractivity contribution is 6.30. The highest BCUT2D eigenvalue weighted by atomic mass is 35.5. The van der Waals surface area contributed by atoms with E-state index < -0.39 is 0 Å². The Hall–Kier alpha value is -1.16. The van der Waals surface area contributed by atoms with Crippen LogP contribution in [0.5, 0.6) is 0 Å². The number of piperidine rings is 1. The molecule has 1 aromatic carbocycles. The number of fused-ring (bicyclic) bond motifs is 1. The van der Waals surface area contributed by atoms with Gasteiger partial charge in [0, 0.05) is 24.0 Å². The highest BCUT2D eigenvalue weighted by Gasteiger charge is 2.19. The summed E-state index contributed by atoms with van der Waals surface area (Å²) in [5.41, 5.74) is 7.87. The number of likely N-dealkylation sites (tertiary alicyclic amines) is 1. The van der Waals surface area contributed by atoms with E-state index in [1.165, 1.54) is 12.8 Å². The van der Waals surface area contributed by atoms with Crippen molar-refractivity contribution >= 4 is 22.5 Å². The van der Waals surface area contributed by atoms with Crippen LogP contribution >= 0.6 is 11.6 Å². The molecule has 0 amide bonds. The number of para-hydroxylation sites is 1. The van der Waals surface area contributed by atoms with Crippen LogP contribution in [0.1, 0.15) is 18.4 Å². The number of aromatic nitrogens is 1. The van der Waals surface area contributed by atoms with Crippen LogP contribution in [0.2, 0.25) is 5.15 Å². The SMILES string of the molecule is NCC1CCCN(Cc2cc3ccccc3nc2Cl)C1. The van der Waals surface area contributed by atoms with E-state index in [4.69, 9.17) is 17.3 Å². The molecule has 1 aromatic heterocycles. The summed E-state index contributed by atoms with van der Waals surface area (Å²) in [5.74, 6) is 0.621. The van der Waals surface area contributed by atoms with Gasteiger partial charge in [-0.15, -0.1) is 0 Å². The van der Waals surface area contributed by atoms with Gasteiger partial charge in [-0.2, -0.15) is 0 Å². The molecule has 3 nitrogen and oxygen atoms in total. The number of hydrogen-bond acceptors (Lipinski definition) is 3. The molecule has 1 atom stereocenters. The van der Waals surface area contributed by atoms with Gasteiger partial charge in [0.2, 0.25) is 0 Å². The molecule has 3 rings (SSSR count). The van der Waals surface area contributed by atoms with Gasteiger partial charge in [-0.25, -0.2) is 4.98 Å². The van der Waals surface area contributed by atoms with Gasteiger partial charge in [0.15, 0.2) is 0 Å². The molecule has 2 aromatic rings. The lowest BCUT2D eigenvalue weighted by atomic mass is 9.98. The summed E-state index contributed by atoms with van der Waals surface area (Å²) in [6.45, 7) is 3.84. The summed E-state index contributed by atoms with van der Waals surface area (Å²) >= 11 is 6.33. The fourth-order valence-corrected chi connectivity index (χ4v) is 3.18. The van der Waals surface area contributed by atoms with E-state index >= 15 is 0 Å². The molecule has 20 heavy (non-hydrogen) atoms. The first kappa shape index (κ1) is 13.8. The molecule has 1 saturated heterocycles. The van der Waals surface area contributed by atoms with Crippen molar-refractivity contribution in [1.82, 2.24) is 9.88 Å². The minimum Gasteiger partial charge on any atom is -0.330 e. The molecule has 0 spiro atoms. The van der Waals surface area contributed by atoms with Gasteiger partial charge >= 0.3 is 0 Å². The van der Waals surface area contributed by atoms with E-state index in [9.17, 15) is 0 Å². The second-order valence-corrected chi connectivity index (χ2v) is 5.97. The first-order valence-corrected chi connectivity index (χ1v) is 7.60. The molecule has 2 N–H and O–H groups in total. The zero-order chi connectivity index (χ0) is 13.9. The first-order chi connectivity index (χ1) is 9.76. The lowest BCUT2D eigenvalue weighted by molar-refractivity contribution is 0.171. The summed E-state index contributed by atoms with van der Waals surface area (Å²) in [6.07, 6.45) is 2.47. The van der Waals surface area contributed by atoms with Crippen LogP contribution in [0.4, 0.5) is 0 Å². The van der Waals surface area contributed by atoms with E-state index in [-0.39, 0.29) is 0 Å². The van der Waals surface area contributed by atoms with Gasteiger partial charge in [0.05, 0.1) is 5.52 Å². The maximum absolute atomic E-state index is 6.33. The predicted octanol–water partition coefficient (Wildman–Crippen LogP) is 3.06. The van der Waals surface area contributed by atoms with E-state index in [1.807, 2.05) is 18.2 Å². The molecule has 1 fully saturated rings. The van der Waals surface area contributed by atoms with Crippen LogP contribution in [-0.2, 0) is 6.54 Å². The number of rotatable bonds is 3. The predicted molar refractivity (Wildman–Crippen MR) is 83.8 cm³/mol. The maximum Gasteiger partial charge on any atom is 0.134 e. The zero-order valence-corrected chi connectivity index (χ0v) is 12.3. The lowest BCUT2D eigenvalue weighted by Gasteiger charge is -2.32. The summed E-state index contributed by atoms with van der Waals surface area (Å²) in [4.78, 5) is 6.94. The molecule has 2 heterocycles. The van der Waals surface area contributed by atoms with E-state index in [0.29, 0.717) is 11.1 Å². The number of nitrogens with zero attached hydrogens (tertiary/aromatic N) is 2. The van der Waals surface area contributed by atoms with Crippen molar-refractivity contribution in [3.63, 3.8) is 0 Å². The topological polar surface area (TPSA) is 42.1 Å². The summed E-state index contributed by atoms with van der Waals surface area (Å²) in [5, 5.41) is 1.78. The normalized spacial score (nSPS) is 20.4. The second kappa shape index (κ2) is 6.08. The van der Waals surface area contributed by atoms with Crippen molar-refractivity contribution in [3.05, 3.63) is 41.0 Å². The smallest absolute Gasteiger partial charge is 0.134 e. The van der Waals surface area contributed by atoms with Crippen molar-refractivity contribution in [1.29, 1.82) is 0 Å². The van der Waals surface area contributed by atoms with E-state index in [0.717, 1.165) is 42.6 Å². The monoisotopic (exact) mass is 289 g/mol. The van der Waals surface area contributed by atoms with Crippen molar-refractivity contribution in [2.75, 3.05) is 19.6 Å². The summed E-state index contributed by atoms with van der Waals surface area (Å²) in [6, 6.07) is 10.3. The Labute approximate surface area is 124 Å². The van der Waals surface area contributed by atoms with Crippen molar-refractivity contribution in [2.45, 2.75) is 19.4 Å². The van der Waals surface area contributed by atoms with Gasteiger partial charge in [0.25, 0.3) is 0 Å². The molecule has 106 valence electrons. The lowest BCUT2D eigenvalue weighted by Crippen LogP contribution is -2.37. The number of hydrogen-bond donors (Lipinski definition) is 1. The minimum absolute atomic E-state index is 0.621. The van der Waals surface area contributed by atoms with Crippen LogP contribution in [0, 0.1) is 5.92 Å². The molecule has 0 radical (unpaired) electrons. The Bertz CT molecular complexity index is 599. The van der Waals surface area contributed by atoms with Gasteiger partial charge in [-0.05, 0) is 44.0 Å². The molecular weight excluding hydrogens is 270 g/mol. The number of pyridine rings is 1. The first-order valence-electron chi connectivity index (χ1n) is 7.23. The molecule has 0 saturated carbocycles. The Morgan fingerprint density at radius 2 is 2.20 bits per heavy atom. The maximum atomic E-state index is 6.33. The second-order valence-electron chi connectivity index (χ2n) is 5.61. The Kier molecular flexibility index (Phi) is 4.20. The van der Waals surface area contributed by atoms with Gasteiger partial charge in [-0.1, -0.05) is 29.8 Å². The quantitative estimate of drug-likeness (QED) is 0.883. The van der Waals surface area contributed by atoms with Crippen LogP contribution in [0.15, 0.2) is 30.3 Å². The summed E-state index contributed by atoms with van der Waals surface area (Å²) in [7, 11) is 0. The third-order valence-electron chi connectivity index (χ3n) is 4.08. The number of halogens is 1. The van der Waals surface area contributed by atoms with Crippen LogP contribution in [-0.4, -0.2) is 29.5 Å². The average Bonchev–Trinajstić information content (AvgIpc) is 2.48.